The molecule has 0 radical (unpaired) electrons. The Hall–Kier alpha value is -3.83. The van der Waals surface area contributed by atoms with Crippen molar-refractivity contribution in [2.75, 3.05) is 13.7 Å². The van der Waals surface area contributed by atoms with Crippen LogP contribution in [0.2, 0.25) is 5.02 Å². The number of nitrogens with zero attached hydrogens (tertiary/aromatic N) is 3. The van der Waals surface area contributed by atoms with E-state index in [1.165, 1.54) is 13.2 Å². The van der Waals surface area contributed by atoms with Gasteiger partial charge in [0.1, 0.15) is 4.90 Å². The number of carbonyl (C=O) groups excluding carboxylic acids is 1. The lowest BCUT2D eigenvalue weighted by Crippen LogP contribution is -2.24. The van der Waals surface area contributed by atoms with Gasteiger partial charge in [-0.05, 0) is 36.4 Å². The van der Waals surface area contributed by atoms with Crippen molar-refractivity contribution in [1.29, 1.82) is 0 Å². The van der Waals surface area contributed by atoms with Gasteiger partial charge in [-0.1, -0.05) is 17.7 Å². The molecule has 12 heteroatoms. The zero-order valence-corrected chi connectivity index (χ0v) is 21.0. The SMILES string of the molecule is COc1cccc(-c2ccc3cnc(CNC(=O)c4cc(Cl)c5c(c4)S(=O)(=O)[C@@H](F)CCO5)cc3n2)n1. The predicted octanol–water partition coefficient (Wildman–Crippen LogP) is 4.14. The van der Waals surface area contributed by atoms with Crippen LogP contribution in [-0.4, -0.2) is 48.5 Å². The molecular weight excluding hydrogens is 523 g/mol. The van der Waals surface area contributed by atoms with E-state index in [1.54, 1.807) is 18.3 Å². The Morgan fingerprint density at radius 1 is 1.19 bits per heavy atom. The molecule has 1 atom stereocenters. The second-order valence-electron chi connectivity index (χ2n) is 8.19. The number of sulfone groups is 1. The first kappa shape index (κ1) is 24.8. The van der Waals surface area contributed by atoms with Crippen molar-refractivity contribution >= 4 is 38.2 Å². The standard InChI is InChI=1S/C25H20ClFN4O5S/c1-35-23-4-2-3-18(31-23)19-6-5-14-12-28-16(11-20(14)30-19)13-29-25(32)15-9-17(26)24-21(10-15)37(33,34)22(27)7-8-36-24/h2-6,9-12,22H,7-8,13H2,1H3,(H,29,32)/t22-/m1/s1. The smallest absolute Gasteiger partial charge is 0.251 e. The first-order chi connectivity index (χ1) is 17.8. The highest BCUT2D eigenvalue weighted by atomic mass is 35.5. The minimum atomic E-state index is -4.35. The van der Waals surface area contributed by atoms with E-state index in [4.69, 9.17) is 21.1 Å². The fraction of sp³-hybridized carbons (Fsp3) is 0.200. The summed E-state index contributed by atoms with van der Waals surface area (Å²) >= 11 is 6.18. The maximum atomic E-state index is 14.2. The van der Waals surface area contributed by atoms with Crippen molar-refractivity contribution < 1.29 is 27.1 Å². The molecule has 3 aromatic heterocycles. The first-order valence-electron chi connectivity index (χ1n) is 11.2. The molecule has 0 fully saturated rings. The molecule has 0 saturated carbocycles. The Morgan fingerprint density at radius 3 is 2.81 bits per heavy atom. The maximum Gasteiger partial charge on any atom is 0.251 e. The Bertz CT molecular complexity index is 1630. The molecule has 9 nitrogen and oxygen atoms in total. The number of alkyl halides is 1. The molecule has 0 bridgehead atoms. The van der Waals surface area contributed by atoms with Gasteiger partial charge < -0.3 is 14.8 Å². The van der Waals surface area contributed by atoms with E-state index in [-0.39, 0.29) is 35.9 Å². The zero-order valence-electron chi connectivity index (χ0n) is 19.4. The fourth-order valence-corrected chi connectivity index (χ4v) is 5.57. The van der Waals surface area contributed by atoms with Gasteiger partial charge in [0.25, 0.3) is 5.91 Å². The van der Waals surface area contributed by atoms with Gasteiger partial charge >= 0.3 is 0 Å². The second kappa shape index (κ2) is 9.91. The number of rotatable bonds is 5. The number of aromatic nitrogens is 3. The summed E-state index contributed by atoms with van der Waals surface area (Å²) in [6.07, 6.45) is 1.31. The summed E-state index contributed by atoms with van der Waals surface area (Å²) in [5.74, 6) is -0.289. The molecule has 1 aromatic carbocycles. The zero-order chi connectivity index (χ0) is 26.2. The number of hydrogen-bond acceptors (Lipinski definition) is 8. The number of hydrogen-bond donors (Lipinski definition) is 1. The Kier molecular flexibility index (Phi) is 6.65. The average molecular weight is 543 g/mol. The van der Waals surface area contributed by atoms with E-state index in [0.29, 0.717) is 28.5 Å². The van der Waals surface area contributed by atoms with E-state index >= 15 is 0 Å². The fourth-order valence-electron chi connectivity index (χ4n) is 3.84. The molecule has 4 heterocycles. The molecule has 0 spiro atoms. The van der Waals surface area contributed by atoms with Crippen LogP contribution in [0, 0.1) is 0 Å². The van der Waals surface area contributed by atoms with Crippen molar-refractivity contribution in [3.8, 4) is 23.0 Å². The van der Waals surface area contributed by atoms with Gasteiger partial charge in [-0.15, -0.1) is 0 Å². The van der Waals surface area contributed by atoms with Gasteiger partial charge in [0.05, 0.1) is 47.9 Å². The van der Waals surface area contributed by atoms with Crippen LogP contribution >= 0.6 is 11.6 Å². The number of carbonyl (C=O) groups is 1. The van der Waals surface area contributed by atoms with Gasteiger partial charge in [0.2, 0.25) is 21.2 Å². The van der Waals surface area contributed by atoms with Gasteiger partial charge in [0, 0.05) is 29.6 Å². The second-order valence-corrected chi connectivity index (χ2v) is 10.6. The third-order valence-electron chi connectivity index (χ3n) is 5.76. The van der Waals surface area contributed by atoms with Crippen molar-refractivity contribution in [3.05, 3.63) is 71.0 Å². The highest BCUT2D eigenvalue weighted by molar-refractivity contribution is 7.92. The number of fused-ring (bicyclic) bond motifs is 2. The quantitative estimate of drug-likeness (QED) is 0.399. The molecule has 0 saturated heterocycles. The summed E-state index contributed by atoms with van der Waals surface area (Å²) < 4.78 is 49.8. The molecule has 5 rings (SSSR count). The van der Waals surface area contributed by atoms with Crippen molar-refractivity contribution in [1.82, 2.24) is 20.3 Å². The van der Waals surface area contributed by atoms with Gasteiger partial charge in [-0.2, -0.15) is 0 Å². The molecule has 1 amide bonds. The van der Waals surface area contributed by atoms with Crippen LogP contribution < -0.4 is 14.8 Å². The lowest BCUT2D eigenvalue weighted by molar-refractivity contribution is 0.0950. The van der Waals surface area contributed by atoms with Gasteiger partial charge in [-0.25, -0.2) is 22.8 Å². The summed E-state index contributed by atoms with van der Waals surface area (Å²) in [7, 11) is -2.81. The summed E-state index contributed by atoms with van der Waals surface area (Å²) in [6.45, 7) is -0.113. The topological polar surface area (TPSA) is 120 Å². The lowest BCUT2D eigenvalue weighted by Gasteiger charge is -2.12. The number of halogens is 2. The number of benzene rings is 1. The largest absolute Gasteiger partial charge is 0.490 e. The monoisotopic (exact) mass is 542 g/mol. The van der Waals surface area contributed by atoms with Crippen molar-refractivity contribution in [2.24, 2.45) is 0 Å². The summed E-state index contributed by atoms with van der Waals surface area (Å²) in [6, 6.07) is 13.2. The summed E-state index contributed by atoms with van der Waals surface area (Å²) in [5, 5.41) is 3.39. The minimum absolute atomic E-state index is 0.0295. The third-order valence-corrected chi connectivity index (χ3v) is 7.87. The van der Waals surface area contributed by atoms with E-state index in [1.807, 2.05) is 24.3 Å². The average Bonchev–Trinajstić information content (AvgIpc) is 3.02. The number of amides is 1. The van der Waals surface area contributed by atoms with E-state index in [2.05, 4.69) is 20.3 Å². The van der Waals surface area contributed by atoms with Crippen LogP contribution in [0.25, 0.3) is 22.3 Å². The van der Waals surface area contributed by atoms with Crippen molar-refractivity contribution in [3.63, 3.8) is 0 Å². The van der Waals surface area contributed by atoms with Gasteiger partial charge in [0.15, 0.2) is 5.75 Å². The van der Waals surface area contributed by atoms with Crippen LogP contribution in [0.15, 0.2) is 59.6 Å². The van der Waals surface area contributed by atoms with E-state index in [9.17, 15) is 17.6 Å². The normalized spacial score (nSPS) is 16.4. The minimum Gasteiger partial charge on any atom is -0.490 e. The number of pyridine rings is 3. The lowest BCUT2D eigenvalue weighted by atomic mass is 10.1. The van der Waals surface area contributed by atoms with Crippen LogP contribution in [0.4, 0.5) is 4.39 Å². The molecule has 190 valence electrons. The number of ether oxygens (including phenoxy) is 2. The number of methoxy groups -OCH3 is 1. The predicted molar refractivity (Wildman–Crippen MR) is 134 cm³/mol. The third kappa shape index (κ3) is 4.92. The highest BCUT2D eigenvalue weighted by Crippen LogP contribution is 2.38. The van der Waals surface area contributed by atoms with Crippen LogP contribution in [0.1, 0.15) is 22.5 Å². The molecule has 37 heavy (non-hydrogen) atoms. The summed E-state index contributed by atoms with van der Waals surface area (Å²) in [5.41, 5.74) is 0.255. The molecule has 0 unspecified atom stereocenters. The molecule has 4 aromatic rings. The molecule has 1 N–H and O–H groups in total. The molecule has 0 aliphatic carbocycles. The number of nitrogens with one attached hydrogen (secondary N) is 1. The van der Waals surface area contributed by atoms with Crippen LogP contribution in [0.5, 0.6) is 11.6 Å². The van der Waals surface area contributed by atoms with E-state index < -0.39 is 26.1 Å². The Balaban J connectivity index is 1.38. The van der Waals surface area contributed by atoms with E-state index in [0.717, 1.165) is 11.5 Å². The first-order valence-corrected chi connectivity index (χ1v) is 13.1. The Morgan fingerprint density at radius 2 is 2.00 bits per heavy atom. The highest BCUT2D eigenvalue weighted by Gasteiger charge is 2.35. The van der Waals surface area contributed by atoms with Gasteiger partial charge in [-0.3, -0.25) is 9.78 Å². The van der Waals surface area contributed by atoms with Crippen molar-refractivity contribution in [2.45, 2.75) is 23.4 Å². The Labute approximate surface area is 216 Å². The molecule has 1 aliphatic rings. The molecule has 1 aliphatic heterocycles. The van der Waals surface area contributed by atoms with Crippen LogP contribution in [-0.2, 0) is 16.4 Å². The summed E-state index contributed by atoms with van der Waals surface area (Å²) in [4.78, 5) is 25.8. The van der Waals surface area contributed by atoms with Crippen LogP contribution in [0.3, 0.4) is 0 Å². The molecular formula is C25H20ClFN4O5S. The maximum absolute atomic E-state index is 14.2.